The Bertz CT molecular complexity index is 444. The van der Waals surface area contributed by atoms with Crippen molar-refractivity contribution in [3.05, 3.63) is 34.9 Å². The summed E-state index contributed by atoms with van der Waals surface area (Å²) in [4.78, 5) is 8.50. The Morgan fingerprint density at radius 3 is 3.06 bits per heavy atom. The van der Waals surface area contributed by atoms with Crippen molar-refractivity contribution in [3.63, 3.8) is 0 Å². The molecule has 0 saturated carbocycles. The fraction of sp³-hybridized carbons (Fsp3) is 0.273. The number of hydrogen-bond acceptors (Lipinski definition) is 5. The third kappa shape index (κ3) is 2.63. The molecule has 0 aliphatic rings. The molecule has 2 heterocycles. The molecule has 0 bridgehead atoms. The van der Waals surface area contributed by atoms with Gasteiger partial charge in [0.15, 0.2) is 0 Å². The molecule has 0 saturated heterocycles. The minimum absolute atomic E-state index is 0.0121. The lowest BCUT2D eigenvalue weighted by Gasteiger charge is -2.03. The number of aliphatic hydroxyl groups is 1. The zero-order valence-electron chi connectivity index (χ0n) is 8.71. The summed E-state index contributed by atoms with van der Waals surface area (Å²) in [5.74, 6) is 0. The third-order valence-electron chi connectivity index (χ3n) is 2.18. The number of nitrogens with zero attached hydrogens (tertiary/aromatic N) is 2. The number of hydrogen-bond donors (Lipinski definition) is 2. The van der Waals surface area contributed by atoms with Crippen molar-refractivity contribution in [1.82, 2.24) is 9.97 Å². The first-order chi connectivity index (χ1) is 7.79. The molecule has 2 aromatic heterocycles. The predicted octanol–water partition coefficient (Wildman–Crippen LogP) is 1.07. The predicted molar refractivity (Wildman–Crippen MR) is 64.1 cm³/mol. The average Bonchev–Trinajstić information content (AvgIpc) is 2.78. The zero-order valence-corrected chi connectivity index (χ0v) is 9.52. The fourth-order valence-corrected chi connectivity index (χ4v) is 2.24. The van der Waals surface area contributed by atoms with Crippen molar-refractivity contribution in [3.8, 4) is 11.3 Å². The highest BCUT2D eigenvalue weighted by Gasteiger charge is 2.08. The van der Waals surface area contributed by atoms with Gasteiger partial charge in [-0.2, -0.15) is 0 Å². The van der Waals surface area contributed by atoms with Crippen molar-refractivity contribution >= 4 is 11.3 Å². The van der Waals surface area contributed by atoms with Crippen LogP contribution in [0.4, 0.5) is 0 Å². The molecule has 3 N–H and O–H groups in total. The van der Waals surface area contributed by atoms with Gasteiger partial charge < -0.3 is 10.8 Å². The molecule has 0 spiro atoms. The molecule has 2 aromatic rings. The monoisotopic (exact) mass is 235 g/mol. The first-order valence-electron chi connectivity index (χ1n) is 5.01. The van der Waals surface area contributed by atoms with E-state index in [1.807, 2.05) is 17.5 Å². The number of aromatic nitrogens is 2. The summed E-state index contributed by atoms with van der Waals surface area (Å²) < 4.78 is 0. The van der Waals surface area contributed by atoms with E-state index in [-0.39, 0.29) is 12.6 Å². The van der Waals surface area contributed by atoms with Crippen LogP contribution in [0.3, 0.4) is 0 Å². The Labute approximate surface area is 97.8 Å². The van der Waals surface area contributed by atoms with Gasteiger partial charge in [-0.25, -0.2) is 4.98 Å². The standard InChI is InChI=1S/C11H13N3OS/c12-9(6-15)4-11-14-10(7-16-11)8-2-1-3-13-5-8/h1-3,5,7,9,15H,4,6,12H2. The van der Waals surface area contributed by atoms with Crippen molar-refractivity contribution < 1.29 is 5.11 Å². The minimum Gasteiger partial charge on any atom is -0.395 e. The van der Waals surface area contributed by atoms with E-state index in [2.05, 4.69) is 9.97 Å². The van der Waals surface area contributed by atoms with Crippen LogP contribution in [0, 0.1) is 0 Å². The molecule has 0 fully saturated rings. The van der Waals surface area contributed by atoms with Crippen LogP contribution in [0.5, 0.6) is 0 Å². The molecule has 2 rings (SSSR count). The Balaban J connectivity index is 2.14. The summed E-state index contributed by atoms with van der Waals surface area (Å²) in [7, 11) is 0. The quantitative estimate of drug-likeness (QED) is 0.831. The molecule has 16 heavy (non-hydrogen) atoms. The van der Waals surface area contributed by atoms with E-state index in [1.54, 1.807) is 23.7 Å². The van der Waals surface area contributed by atoms with Crippen LogP contribution < -0.4 is 5.73 Å². The second-order valence-electron chi connectivity index (χ2n) is 3.51. The third-order valence-corrected chi connectivity index (χ3v) is 3.05. The van der Waals surface area contributed by atoms with Gasteiger partial charge in [-0.15, -0.1) is 11.3 Å². The molecule has 0 aliphatic carbocycles. The van der Waals surface area contributed by atoms with Crippen LogP contribution in [-0.2, 0) is 6.42 Å². The Morgan fingerprint density at radius 2 is 2.38 bits per heavy atom. The number of thiazole rings is 1. The summed E-state index contributed by atoms with van der Waals surface area (Å²) in [6, 6.07) is 3.62. The lowest BCUT2D eigenvalue weighted by atomic mass is 10.2. The maximum atomic E-state index is 8.86. The topological polar surface area (TPSA) is 72.0 Å². The molecule has 0 amide bonds. The Kier molecular flexibility index (Phi) is 3.61. The number of pyridine rings is 1. The van der Waals surface area contributed by atoms with Crippen LogP contribution in [0.2, 0.25) is 0 Å². The second-order valence-corrected chi connectivity index (χ2v) is 4.46. The summed E-state index contributed by atoms with van der Waals surface area (Å²) in [6.07, 6.45) is 4.13. The van der Waals surface area contributed by atoms with E-state index >= 15 is 0 Å². The summed E-state index contributed by atoms with van der Waals surface area (Å²) in [6.45, 7) is -0.0121. The number of rotatable bonds is 4. The Morgan fingerprint density at radius 1 is 1.50 bits per heavy atom. The molecule has 0 radical (unpaired) electrons. The number of nitrogens with two attached hydrogens (primary N) is 1. The van der Waals surface area contributed by atoms with E-state index in [0.717, 1.165) is 16.3 Å². The van der Waals surface area contributed by atoms with Crippen molar-refractivity contribution in [2.45, 2.75) is 12.5 Å². The summed E-state index contributed by atoms with van der Waals surface area (Å²) in [5, 5.41) is 11.8. The first kappa shape index (κ1) is 11.2. The highest BCUT2D eigenvalue weighted by atomic mass is 32.1. The first-order valence-corrected chi connectivity index (χ1v) is 5.89. The normalized spacial score (nSPS) is 12.6. The van der Waals surface area contributed by atoms with E-state index < -0.39 is 0 Å². The van der Waals surface area contributed by atoms with Gasteiger partial charge in [0.2, 0.25) is 0 Å². The Hall–Kier alpha value is -1.30. The molecule has 1 atom stereocenters. The lowest BCUT2D eigenvalue weighted by Crippen LogP contribution is -2.26. The highest BCUT2D eigenvalue weighted by molar-refractivity contribution is 7.09. The van der Waals surface area contributed by atoms with Crippen LogP contribution in [-0.4, -0.2) is 27.7 Å². The smallest absolute Gasteiger partial charge is 0.0948 e. The lowest BCUT2D eigenvalue weighted by molar-refractivity contribution is 0.265. The second kappa shape index (κ2) is 5.16. The highest BCUT2D eigenvalue weighted by Crippen LogP contribution is 2.21. The molecule has 0 aliphatic heterocycles. The maximum Gasteiger partial charge on any atom is 0.0948 e. The van der Waals surface area contributed by atoms with Gasteiger partial charge in [-0.1, -0.05) is 0 Å². The maximum absolute atomic E-state index is 8.86. The van der Waals surface area contributed by atoms with Crippen LogP contribution >= 0.6 is 11.3 Å². The van der Waals surface area contributed by atoms with Gasteiger partial charge in [0.1, 0.15) is 0 Å². The average molecular weight is 235 g/mol. The van der Waals surface area contributed by atoms with Gasteiger partial charge in [-0.3, -0.25) is 4.98 Å². The molecular formula is C11H13N3OS. The van der Waals surface area contributed by atoms with E-state index in [0.29, 0.717) is 6.42 Å². The van der Waals surface area contributed by atoms with Gasteiger partial charge in [-0.05, 0) is 12.1 Å². The van der Waals surface area contributed by atoms with E-state index in [4.69, 9.17) is 10.8 Å². The zero-order chi connectivity index (χ0) is 11.4. The molecule has 0 aromatic carbocycles. The van der Waals surface area contributed by atoms with Crippen LogP contribution in [0.15, 0.2) is 29.9 Å². The molecule has 5 heteroatoms. The molecule has 1 unspecified atom stereocenters. The molecule has 84 valence electrons. The minimum atomic E-state index is -0.229. The van der Waals surface area contributed by atoms with Crippen molar-refractivity contribution in [1.29, 1.82) is 0 Å². The van der Waals surface area contributed by atoms with Gasteiger partial charge in [0.05, 0.1) is 17.3 Å². The summed E-state index contributed by atoms with van der Waals surface area (Å²) in [5.41, 5.74) is 7.57. The van der Waals surface area contributed by atoms with Gasteiger partial charge in [0.25, 0.3) is 0 Å². The fourth-order valence-electron chi connectivity index (χ4n) is 1.34. The van der Waals surface area contributed by atoms with Crippen molar-refractivity contribution in [2.24, 2.45) is 5.73 Å². The van der Waals surface area contributed by atoms with Gasteiger partial charge in [0, 0.05) is 35.8 Å². The molecule has 4 nitrogen and oxygen atoms in total. The molecular weight excluding hydrogens is 222 g/mol. The summed E-state index contributed by atoms with van der Waals surface area (Å²) >= 11 is 1.56. The SMILES string of the molecule is NC(CO)Cc1nc(-c2cccnc2)cs1. The van der Waals surface area contributed by atoms with Gasteiger partial charge >= 0.3 is 0 Å². The van der Waals surface area contributed by atoms with Crippen LogP contribution in [0.25, 0.3) is 11.3 Å². The van der Waals surface area contributed by atoms with Crippen LogP contribution in [0.1, 0.15) is 5.01 Å². The van der Waals surface area contributed by atoms with Crippen molar-refractivity contribution in [2.75, 3.05) is 6.61 Å². The number of aliphatic hydroxyl groups excluding tert-OH is 1. The van der Waals surface area contributed by atoms with E-state index in [9.17, 15) is 0 Å². The van der Waals surface area contributed by atoms with E-state index in [1.165, 1.54) is 0 Å². The largest absolute Gasteiger partial charge is 0.395 e.